The average molecular weight is 250 g/mol. The van der Waals surface area contributed by atoms with E-state index < -0.39 is 0 Å². The first-order chi connectivity index (χ1) is 8.75. The maximum Gasteiger partial charge on any atom is 0.0947 e. The van der Waals surface area contributed by atoms with Gasteiger partial charge in [-0.25, -0.2) is 0 Å². The molecule has 0 aliphatic carbocycles. The fraction of sp³-hybridized carbons (Fsp3) is 0.733. The molecule has 1 aliphatic rings. The maximum atomic E-state index is 5.10. The summed E-state index contributed by atoms with van der Waals surface area (Å²) in [4.78, 5) is 2.39. The zero-order valence-corrected chi connectivity index (χ0v) is 11.7. The molecule has 0 saturated carbocycles. The lowest BCUT2D eigenvalue weighted by Gasteiger charge is -2.29. The van der Waals surface area contributed by atoms with Gasteiger partial charge in [0.25, 0.3) is 0 Å². The van der Waals surface area contributed by atoms with Crippen molar-refractivity contribution in [2.24, 2.45) is 11.8 Å². The molecule has 0 amide bonds. The smallest absolute Gasteiger partial charge is 0.0947 e. The van der Waals surface area contributed by atoms with Gasteiger partial charge in [0.15, 0.2) is 0 Å². The average Bonchev–Trinajstić information content (AvgIpc) is 2.90. The third-order valence-electron chi connectivity index (χ3n) is 4.14. The molecule has 3 heteroatoms. The lowest BCUT2D eigenvalue weighted by molar-refractivity contribution is 0.229. The van der Waals surface area contributed by atoms with Crippen LogP contribution in [0.1, 0.15) is 31.7 Å². The molecule has 0 spiro atoms. The van der Waals surface area contributed by atoms with E-state index in [1.54, 1.807) is 6.26 Å². The number of nitrogens with zero attached hydrogens (tertiary/aromatic N) is 1. The summed E-state index contributed by atoms with van der Waals surface area (Å²) in [6.07, 6.45) is 7.63. The van der Waals surface area contributed by atoms with E-state index in [1.807, 2.05) is 12.3 Å². The molecule has 1 aliphatic heterocycles. The summed E-state index contributed by atoms with van der Waals surface area (Å²) in [5.74, 6) is 1.70. The van der Waals surface area contributed by atoms with Crippen LogP contribution >= 0.6 is 0 Å². The number of rotatable bonds is 6. The van der Waals surface area contributed by atoms with Crippen molar-refractivity contribution in [2.45, 2.75) is 32.7 Å². The normalized spacial score (nSPS) is 22.3. The zero-order valence-electron chi connectivity index (χ0n) is 11.7. The maximum absolute atomic E-state index is 5.10. The summed E-state index contributed by atoms with van der Waals surface area (Å²) in [6, 6.07) is 2.05. The molecule has 1 aromatic heterocycles. The van der Waals surface area contributed by atoms with Crippen molar-refractivity contribution in [1.82, 2.24) is 10.2 Å². The molecule has 1 saturated heterocycles. The van der Waals surface area contributed by atoms with Gasteiger partial charge < -0.3 is 14.6 Å². The second-order valence-electron chi connectivity index (χ2n) is 5.74. The number of hydrogen-bond acceptors (Lipinski definition) is 3. The van der Waals surface area contributed by atoms with Crippen LogP contribution < -0.4 is 5.32 Å². The molecule has 0 bridgehead atoms. The number of nitrogens with one attached hydrogen (secondary N) is 1. The Morgan fingerprint density at radius 1 is 1.56 bits per heavy atom. The third-order valence-corrected chi connectivity index (χ3v) is 4.14. The Balaban J connectivity index is 1.66. The summed E-state index contributed by atoms with van der Waals surface area (Å²) >= 11 is 0. The Kier molecular flexibility index (Phi) is 5.26. The van der Waals surface area contributed by atoms with Gasteiger partial charge in [0.05, 0.1) is 12.5 Å². The molecule has 3 nitrogen and oxygen atoms in total. The van der Waals surface area contributed by atoms with Gasteiger partial charge in [-0.05, 0) is 63.8 Å². The molecule has 2 unspecified atom stereocenters. The standard InChI is InChI=1S/C15H26N2O/c1-13(15-4-3-7-16-10-15)5-8-17(2)11-14-6-9-18-12-14/h6,9,12-13,15-16H,3-5,7-8,10-11H2,1-2H3. The minimum atomic E-state index is 0.824. The summed E-state index contributed by atoms with van der Waals surface area (Å²) in [5, 5.41) is 3.51. The second kappa shape index (κ2) is 6.95. The van der Waals surface area contributed by atoms with E-state index in [0.29, 0.717) is 0 Å². The first-order valence-electron chi connectivity index (χ1n) is 7.16. The quantitative estimate of drug-likeness (QED) is 0.841. The fourth-order valence-corrected chi connectivity index (χ4v) is 2.80. The highest BCUT2D eigenvalue weighted by molar-refractivity contribution is 5.04. The number of hydrogen-bond donors (Lipinski definition) is 1. The van der Waals surface area contributed by atoms with Crippen molar-refractivity contribution in [1.29, 1.82) is 0 Å². The molecule has 0 aromatic carbocycles. The molecular formula is C15H26N2O. The predicted molar refractivity (Wildman–Crippen MR) is 74.4 cm³/mol. The summed E-state index contributed by atoms with van der Waals surface area (Å²) in [7, 11) is 2.19. The van der Waals surface area contributed by atoms with Crippen LogP contribution in [0.5, 0.6) is 0 Å². The van der Waals surface area contributed by atoms with E-state index in [0.717, 1.165) is 18.4 Å². The molecule has 2 rings (SSSR count). The molecule has 1 N–H and O–H groups in total. The van der Waals surface area contributed by atoms with Gasteiger partial charge in [0, 0.05) is 12.1 Å². The largest absolute Gasteiger partial charge is 0.472 e. The highest BCUT2D eigenvalue weighted by Gasteiger charge is 2.19. The van der Waals surface area contributed by atoms with E-state index >= 15 is 0 Å². The third kappa shape index (κ3) is 4.14. The minimum Gasteiger partial charge on any atom is -0.472 e. The molecule has 1 fully saturated rings. The van der Waals surface area contributed by atoms with Gasteiger partial charge in [-0.15, -0.1) is 0 Å². The van der Waals surface area contributed by atoms with Gasteiger partial charge in [-0.3, -0.25) is 0 Å². The lowest BCUT2D eigenvalue weighted by Crippen LogP contribution is -2.34. The lowest BCUT2D eigenvalue weighted by atomic mass is 9.85. The molecule has 0 radical (unpaired) electrons. The van der Waals surface area contributed by atoms with Gasteiger partial charge in [-0.1, -0.05) is 6.92 Å². The highest BCUT2D eigenvalue weighted by Crippen LogP contribution is 2.22. The van der Waals surface area contributed by atoms with Crippen molar-refractivity contribution < 1.29 is 4.42 Å². The molecule has 102 valence electrons. The topological polar surface area (TPSA) is 28.4 Å². The second-order valence-corrected chi connectivity index (χ2v) is 5.74. The van der Waals surface area contributed by atoms with Gasteiger partial charge >= 0.3 is 0 Å². The molecular weight excluding hydrogens is 224 g/mol. The van der Waals surface area contributed by atoms with Crippen molar-refractivity contribution in [3.63, 3.8) is 0 Å². The van der Waals surface area contributed by atoms with Crippen LogP contribution in [-0.2, 0) is 6.54 Å². The Labute approximate surface area is 111 Å². The molecule has 2 atom stereocenters. The summed E-state index contributed by atoms with van der Waals surface area (Å²) in [6.45, 7) is 6.99. The minimum absolute atomic E-state index is 0.824. The molecule has 1 aromatic rings. The van der Waals surface area contributed by atoms with Gasteiger partial charge in [0.2, 0.25) is 0 Å². The van der Waals surface area contributed by atoms with Gasteiger partial charge in [-0.2, -0.15) is 0 Å². The van der Waals surface area contributed by atoms with E-state index in [1.165, 1.54) is 44.5 Å². The van der Waals surface area contributed by atoms with Crippen LogP contribution in [0.3, 0.4) is 0 Å². The molecule has 2 heterocycles. The van der Waals surface area contributed by atoms with Crippen molar-refractivity contribution in [3.8, 4) is 0 Å². The van der Waals surface area contributed by atoms with E-state index in [4.69, 9.17) is 4.42 Å². The predicted octanol–water partition coefficient (Wildman–Crippen LogP) is 2.74. The van der Waals surface area contributed by atoms with Crippen LogP contribution in [0.25, 0.3) is 0 Å². The number of furan rings is 1. The summed E-state index contributed by atoms with van der Waals surface area (Å²) < 4.78 is 5.10. The van der Waals surface area contributed by atoms with Crippen LogP contribution in [0.4, 0.5) is 0 Å². The SMILES string of the molecule is CC(CCN(C)Cc1ccoc1)C1CCCNC1. The van der Waals surface area contributed by atoms with E-state index in [9.17, 15) is 0 Å². The first-order valence-corrected chi connectivity index (χ1v) is 7.16. The van der Waals surface area contributed by atoms with E-state index in [2.05, 4.69) is 24.2 Å². The Morgan fingerprint density at radius 3 is 3.11 bits per heavy atom. The zero-order chi connectivity index (χ0) is 12.8. The fourth-order valence-electron chi connectivity index (χ4n) is 2.80. The monoisotopic (exact) mass is 250 g/mol. The Morgan fingerprint density at radius 2 is 2.44 bits per heavy atom. The van der Waals surface area contributed by atoms with Crippen molar-refractivity contribution in [2.75, 3.05) is 26.7 Å². The van der Waals surface area contributed by atoms with Crippen molar-refractivity contribution in [3.05, 3.63) is 24.2 Å². The Hall–Kier alpha value is -0.800. The van der Waals surface area contributed by atoms with Crippen LogP contribution in [0, 0.1) is 11.8 Å². The Bertz CT molecular complexity index is 317. The van der Waals surface area contributed by atoms with Crippen LogP contribution in [0.15, 0.2) is 23.0 Å². The first kappa shape index (κ1) is 13.6. The van der Waals surface area contributed by atoms with Crippen molar-refractivity contribution >= 4 is 0 Å². The number of piperidine rings is 1. The van der Waals surface area contributed by atoms with Gasteiger partial charge in [0.1, 0.15) is 0 Å². The summed E-state index contributed by atoms with van der Waals surface area (Å²) in [5.41, 5.74) is 1.27. The highest BCUT2D eigenvalue weighted by atomic mass is 16.3. The van der Waals surface area contributed by atoms with Crippen LogP contribution in [-0.4, -0.2) is 31.6 Å². The van der Waals surface area contributed by atoms with Crippen LogP contribution in [0.2, 0.25) is 0 Å². The van der Waals surface area contributed by atoms with E-state index in [-0.39, 0.29) is 0 Å². The molecule has 18 heavy (non-hydrogen) atoms.